The van der Waals surface area contributed by atoms with Gasteiger partial charge in [-0.1, -0.05) is 32.0 Å². The summed E-state index contributed by atoms with van der Waals surface area (Å²) in [6.45, 7) is 3.92. The maximum atomic E-state index is 13.3. The topological polar surface area (TPSA) is 66.4 Å². The molecule has 1 amide bonds. The third-order valence-electron chi connectivity index (χ3n) is 2.95. The van der Waals surface area contributed by atoms with Crippen molar-refractivity contribution < 1.29 is 19.1 Å². The summed E-state index contributed by atoms with van der Waals surface area (Å²) < 4.78 is 13.3. The van der Waals surface area contributed by atoms with E-state index in [1.807, 2.05) is 13.8 Å². The first-order valence-corrected chi connectivity index (χ1v) is 6.83. The number of aliphatic carboxylic acids is 1. The predicted molar refractivity (Wildman–Crippen MR) is 79.0 cm³/mol. The Labute approximate surface area is 123 Å². The monoisotopic (exact) mass is 293 g/mol. The standard InChI is InChI=1S/C16H20FNO3/c1-11(2)9-13(16(20)21)10-18-15(19)8-7-12-5-3-4-6-14(12)17/h3-8,11,13H,9-10H2,1-2H3,(H,18,19)(H,20,21)/b8-7+. The normalized spacial score (nSPS) is 12.6. The van der Waals surface area contributed by atoms with Gasteiger partial charge in [0.25, 0.3) is 0 Å². The molecule has 0 aliphatic rings. The summed E-state index contributed by atoms with van der Waals surface area (Å²) in [6, 6.07) is 6.10. The van der Waals surface area contributed by atoms with Crippen LogP contribution in [0, 0.1) is 17.7 Å². The molecule has 1 unspecified atom stereocenters. The number of halogens is 1. The van der Waals surface area contributed by atoms with Gasteiger partial charge in [0, 0.05) is 18.2 Å². The second kappa shape index (κ2) is 8.19. The predicted octanol–water partition coefficient (Wildman–Crippen LogP) is 2.70. The number of carbonyl (C=O) groups is 2. The van der Waals surface area contributed by atoms with Crippen LogP contribution in [0.25, 0.3) is 6.08 Å². The lowest BCUT2D eigenvalue weighted by atomic mass is 9.97. The van der Waals surface area contributed by atoms with E-state index in [-0.39, 0.29) is 12.5 Å². The number of amides is 1. The zero-order valence-electron chi connectivity index (χ0n) is 12.2. The van der Waals surface area contributed by atoms with E-state index in [0.717, 1.165) is 0 Å². The number of rotatable bonds is 7. The molecule has 1 aromatic rings. The maximum absolute atomic E-state index is 13.3. The summed E-state index contributed by atoms with van der Waals surface area (Å²) in [5.74, 6) is -2.16. The minimum atomic E-state index is -0.929. The zero-order valence-corrected chi connectivity index (χ0v) is 12.2. The number of benzene rings is 1. The second-order valence-electron chi connectivity index (χ2n) is 5.26. The van der Waals surface area contributed by atoms with Gasteiger partial charge in [-0.2, -0.15) is 0 Å². The number of carboxylic acids is 1. The molecule has 0 saturated carbocycles. The van der Waals surface area contributed by atoms with E-state index in [1.54, 1.807) is 18.2 Å². The van der Waals surface area contributed by atoms with E-state index in [0.29, 0.717) is 12.0 Å². The Balaban J connectivity index is 2.53. The van der Waals surface area contributed by atoms with Gasteiger partial charge in [0.2, 0.25) is 5.91 Å². The Morgan fingerprint density at radius 3 is 2.57 bits per heavy atom. The van der Waals surface area contributed by atoms with E-state index in [4.69, 9.17) is 5.11 Å². The van der Waals surface area contributed by atoms with Gasteiger partial charge in [0.15, 0.2) is 0 Å². The fraction of sp³-hybridized carbons (Fsp3) is 0.375. The molecular formula is C16H20FNO3. The highest BCUT2D eigenvalue weighted by Gasteiger charge is 2.19. The fourth-order valence-electron chi connectivity index (χ4n) is 1.90. The molecule has 5 heteroatoms. The van der Waals surface area contributed by atoms with Crippen LogP contribution in [0.4, 0.5) is 4.39 Å². The second-order valence-corrected chi connectivity index (χ2v) is 5.26. The van der Waals surface area contributed by atoms with Crippen LogP contribution < -0.4 is 5.32 Å². The highest BCUT2D eigenvalue weighted by molar-refractivity contribution is 5.92. The molecule has 2 N–H and O–H groups in total. The molecule has 0 aromatic heterocycles. The highest BCUT2D eigenvalue weighted by atomic mass is 19.1. The van der Waals surface area contributed by atoms with Crippen molar-refractivity contribution in [3.05, 3.63) is 41.7 Å². The van der Waals surface area contributed by atoms with Crippen molar-refractivity contribution in [1.29, 1.82) is 0 Å². The van der Waals surface area contributed by atoms with Crippen molar-refractivity contribution in [2.24, 2.45) is 11.8 Å². The molecule has 0 fully saturated rings. The van der Waals surface area contributed by atoms with E-state index < -0.39 is 23.6 Å². The Kier molecular flexibility index (Phi) is 6.59. The third-order valence-corrected chi connectivity index (χ3v) is 2.95. The maximum Gasteiger partial charge on any atom is 0.308 e. The molecule has 0 heterocycles. The van der Waals surface area contributed by atoms with Gasteiger partial charge in [-0.25, -0.2) is 4.39 Å². The summed E-state index contributed by atoms with van der Waals surface area (Å²) in [7, 11) is 0. The zero-order chi connectivity index (χ0) is 15.8. The average Bonchev–Trinajstić information content (AvgIpc) is 2.41. The van der Waals surface area contributed by atoms with Crippen molar-refractivity contribution >= 4 is 18.0 Å². The molecule has 0 saturated heterocycles. The van der Waals surface area contributed by atoms with Crippen LogP contribution in [-0.4, -0.2) is 23.5 Å². The molecule has 1 aromatic carbocycles. The van der Waals surface area contributed by atoms with Crippen LogP contribution >= 0.6 is 0 Å². The number of hydrogen-bond donors (Lipinski definition) is 2. The molecule has 114 valence electrons. The van der Waals surface area contributed by atoms with E-state index in [1.165, 1.54) is 18.2 Å². The third kappa shape index (κ3) is 6.21. The number of hydrogen-bond acceptors (Lipinski definition) is 2. The van der Waals surface area contributed by atoms with Gasteiger partial charge in [-0.05, 0) is 24.5 Å². The Bertz CT molecular complexity index is 526. The smallest absolute Gasteiger partial charge is 0.308 e. The first kappa shape index (κ1) is 16.9. The summed E-state index contributed by atoms with van der Waals surface area (Å²) in [4.78, 5) is 22.7. The van der Waals surface area contributed by atoms with Crippen LogP contribution in [-0.2, 0) is 9.59 Å². The van der Waals surface area contributed by atoms with Gasteiger partial charge in [0.1, 0.15) is 5.82 Å². The molecule has 0 spiro atoms. The van der Waals surface area contributed by atoms with Crippen molar-refractivity contribution in [3.63, 3.8) is 0 Å². The van der Waals surface area contributed by atoms with Crippen LogP contribution in [0.3, 0.4) is 0 Å². The van der Waals surface area contributed by atoms with Crippen molar-refractivity contribution in [3.8, 4) is 0 Å². The molecule has 0 radical (unpaired) electrons. The SMILES string of the molecule is CC(C)CC(CNC(=O)/C=C/c1ccccc1F)C(=O)O. The number of carbonyl (C=O) groups excluding carboxylic acids is 1. The lowest BCUT2D eigenvalue weighted by molar-refractivity contribution is -0.142. The summed E-state index contributed by atoms with van der Waals surface area (Å²) in [6.07, 6.45) is 3.06. The highest BCUT2D eigenvalue weighted by Crippen LogP contribution is 2.11. The minimum Gasteiger partial charge on any atom is -0.481 e. The lowest BCUT2D eigenvalue weighted by Crippen LogP contribution is -2.32. The molecular weight excluding hydrogens is 273 g/mol. The van der Waals surface area contributed by atoms with Gasteiger partial charge >= 0.3 is 5.97 Å². The van der Waals surface area contributed by atoms with Crippen LogP contribution in [0.5, 0.6) is 0 Å². The van der Waals surface area contributed by atoms with Gasteiger partial charge < -0.3 is 10.4 Å². The summed E-state index contributed by atoms with van der Waals surface area (Å²) in [5.41, 5.74) is 0.310. The molecule has 0 aliphatic carbocycles. The fourth-order valence-corrected chi connectivity index (χ4v) is 1.90. The first-order valence-electron chi connectivity index (χ1n) is 6.83. The molecule has 0 bridgehead atoms. The largest absolute Gasteiger partial charge is 0.481 e. The summed E-state index contributed by atoms with van der Waals surface area (Å²) in [5, 5.41) is 11.6. The molecule has 1 rings (SSSR count). The van der Waals surface area contributed by atoms with Gasteiger partial charge in [-0.3, -0.25) is 9.59 Å². The average molecular weight is 293 g/mol. The van der Waals surface area contributed by atoms with Crippen molar-refractivity contribution in [2.75, 3.05) is 6.54 Å². The minimum absolute atomic E-state index is 0.0635. The van der Waals surface area contributed by atoms with Crippen LogP contribution in [0.15, 0.2) is 30.3 Å². The molecule has 4 nitrogen and oxygen atoms in total. The molecule has 21 heavy (non-hydrogen) atoms. The van der Waals surface area contributed by atoms with Gasteiger partial charge in [0.05, 0.1) is 5.92 Å². The molecule has 0 aliphatic heterocycles. The Hall–Kier alpha value is -2.17. The Morgan fingerprint density at radius 2 is 2.00 bits per heavy atom. The van der Waals surface area contributed by atoms with Crippen molar-refractivity contribution in [1.82, 2.24) is 5.32 Å². The van der Waals surface area contributed by atoms with E-state index >= 15 is 0 Å². The number of nitrogens with one attached hydrogen (secondary N) is 1. The van der Waals surface area contributed by atoms with E-state index in [2.05, 4.69) is 5.32 Å². The van der Waals surface area contributed by atoms with E-state index in [9.17, 15) is 14.0 Å². The molecule has 1 atom stereocenters. The first-order chi connectivity index (χ1) is 9.90. The van der Waals surface area contributed by atoms with Crippen molar-refractivity contribution in [2.45, 2.75) is 20.3 Å². The summed E-state index contributed by atoms with van der Waals surface area (Å²) >= 11 is 0. The Morgan fingerprint density at radius 1 is 1.33 bits per heavy atom. The lowest BCUT2D eigenvalue weighted by Gasteiger charge is -2.14. The quantitative estimate of drug-likeness (QED) is 0.760. The van der Waals surface area contributed by atoms with Crippen LogP contribution in [0.1, 0.15) is 25.8 Å². The van der Waals surface area contributed by atoms with Gasteiger partial charge in [-0.15, -0.1) is 0 Å². The van der Waals surface area contributed by atoms with Crippen LogP contribution in [0.2, 0.25) is 0 Å². The number of carboxylic acid groups (broad SMARTS) is 1.